The second-order valence-corrected chi connectivity index (χ2v) is 6.80. The van der Waals surface area contributed by atoms with Crippen LogP contribution in [0.15, 0.2) is 17.3 Å². The fourth-order valence-electron chi connectivity index (χ4n) is 2.39. The first-order valence-electron chi connectivity index (χ1n) is 6.53. The normalized spacial score (nSPS) is 17.6. The van der Waals surface area contributed by atoms with Crippen molar-refractivity contribution in [2.45, 2.75) is 43.0 Å². The van der Waals surface area contributed by atoms with Gasteiger partial charge in [0.2, 0.25) is 16.0 Å². The number of sulfonamides is 1. The van der Waals surface area contributed by atoms with Gasteiger partial charge >= 0.3 is 0 Å². The van der Waals surface area contributed by atoms with Crippen LogP contribution in [0, 0.1) is 0 Å². The van der Waals surface area contributed by atoms with Gasteiger partial charge in [0, 0.05) is 20.1 Å². The average Bonchev–Trinajstić information content (AvgIpc) is 2.47. The van der Waals surface area contributed by atoms with Gasteiger partial charge < -0.3 is 5.32 Å². The number of nitrogens with one attached hydrogen (secondary N) is 1. The summed E-state index contributed by atoms with van der Waals surface area (Å²) in [6, 6.07) is 0.0997. The summed E-state index contributed by atoms with van der Waals surface area (Å²) < 4.78 is 26.4. The van der Waals surface area contributed by atoms with Crippen molar-refractivity contribution in [1.82, 2.24) is 14.3 Å². The van der Waals surface area contributed by atoms with Gasteiger partial charge in [-0.25, -0.2) is 18.4 Å². The number of rotatable bonds is 4. The highest BCUT2D eigenvalue weighted by molar-refractivity contribution is 7.89. The lowest BCUT2D eigenvalue weighted by Crippen LogP contribution is -2.38. The Balaban J connectivity index is 2.19. The molecule has 1 fully saturated rings. The van der Waals surface area contributed by atoms with Crippen molar-refractivity contribution in [2.24, 2.45) is 0 Å². The Morgan fingerprint density at radius 2 is 1.79 bits per heavy atom. The SMILES string of the molecule is CNc1ncc(S(=O)(=O)N(C)C2CCCCC2)cn1. The highest BCUT2D eigenvalue weighted by Gasteiger charge is 2.29. The first-order chi connectivity index (χ1) is 9.05. The molecule has 1 heterocycles. The number of nitrogens with zero attached hydrogens (tertiary/aromatic N) is 3. The smallest absolute Gasteiger partial charge is 0.246 e. The molecule has 0 atom stereocenters. The molecule has 1 saturated carbocycles. The second kappa shape index (κ2) is 5.83. The van der Waals surface area contributed by atoms with Crippen LogP contribution in [0.4, 0.5) is 5.95 Å². The minimum Gasteiger partial charge on any atom is -0.357 e. The molecule has 2 rings (SSSR count). The summed E-state index contributed by atoms with van der Waals surface area (Å²) in [6.07, 6.45) is 7.97. The second-order valence-electron chi connectivity index (χ2n) is 4.81. The van der Waals surface area contributed by atoms with E-state index in [0.29, 0.717) is 5.95 Å². The zero-order chi connectivity index (χ0) is 13.9. The molecule has 0 aliphatic heterocycles. The quantitative estimate of drug-likeness (QED) is 0.906. The summed E-state index contributed by atoms with van der Waals surface area (Å²) in [5, 5.41) is 2.77. The molecule has 0 saturated heterocycles. The predicted octanol–water partition coefficient (Wildman–Crippen LogP) is 1.47. The highest BCUT2D eigenvalue weighted by atomic mass is 32.2. The van der Waals surface area contributed by atoms with E-state index in [-0.39, 0.29) is 10.9 Å². The van der Waals surface area contributed by atoms with E-state index in [9.17, 15) is 8.42 Å². The predicted molar refractivity (Wildman–Crippen MR) is 73.4 cm³/mol. The van der Waals surface area contributed by atoms with Crippen LogP contribution >= 0.6 is 0 Å². The minimum absolute atomic E-state index is 0.0997. The zero-order valence-corrected chi connectivity index (χ0v) is 12.2. The van der Waals surface area contributed by atoms with Gasteiger partial charge in [0.25, 0.3) is 0 Å². The van der Waals surface area contributed by atoms with Crippen LogP contribution < -0.4 is 5.32 Å². The van der Waals surface area contributed by atoms with Crippen LogP contribution in [0.2, 0.25) is 0 Å². The molecule has 1 aromatic rings. The van der Waals surface area contributed by atoms with Crippen molar-refractivity contribution < 1.29 is 8.42 Å². The number of hydrogen-bond acceptors (Lipinski definition) is 5. The third kappa shape index (κ3) is 3.03. The van der Waals surface area contributed by atoms with Crippen LogP contribution in [0.3, 0.4) is 0 Å². The molecule has 1 aliphatic rings. The summed E-state index contributed by atoms with van der Waals surface area (Å²) in [7, 11) is -0.141. The van der Waals surface area contributed by atoms with E-state index in [2.05, 4.69) is 15.3 Å². The molecule has 0 unspecified atom stereocenters. The summed E-state index contributed by atoms with van der Waals surface area (Å²) in [5.74, 6) is 0.416. The minimum atomic E-state index is -3.48. The maximum atomic E-state index is 12.5. The molecular formula is C12H20N4O2S. The first kappa shape index (κ1) is 14.2. The molecule has 6 nitrogen and oxygen atoms in total. The lowest BCUT2D eigenvalue weighted by atomic mass is 9.96. The summed E-state index contributed by atoms with van der Waals surface area (Å²) in [5.41, 5.74) is 0. The zero-order valence-electron chi connectivity index (χ0n) is 11.3. The molecule has 1 aromatic heterocycles. The topological polar surface area (TPSA) is 75.2 Å². The Hall–Kier alpha value is -1.21. The Kier molecular flexibility index (Phi) is 4.36. The fourth-order valence-corrected chi connectivity index (χ4v) is 3.69. The van der Waals surface area contributed by atoms with E-state index >= 15 is 0 Å². The lowest BCUT2D eigenvalue weighted by Gasteiger charge is -2.30. The van der Waals surface area contributed by atoms with Crippen molar-refractivity contribution in [1.29, 1.82) is 0 Å². The van der Waals surface area contributed by atoms with E-state index in [1.807, 2.05) is 0 Å². The van der Waals surface area contributed by atoms with Crippen LogP contribution in [0.25, 0.3) is 0 Å². The summed E-state index contributed by atoms with van der Waals surface area (Å²) >= 11 is 0. The third-order valence-electron chi connectivity index (χ3n) is 3.62. The molecule has 0 aromatic carbocycles. The molecule has 1 aliphatic carbocycles. The van der Waals surface area contributed by atoms with E-state index in [1.54, 1.807) is 14.1 Å². The Morgan fingerprint density at radius 3 is 2.32 bits per heavy atom. The van der Waals surface area contributed by atoms with Crippen molar-refractivity contribution in [2.75, 3.05) is 19.4 Å². The van der Waals surface area contributed by atoms with Crippen LogP contribution in [-0.2, 0) is 10.0 Å². The Morgan fingerprint density at radius 1 is 1.21 bits per heavy atom. The van der Waals surface area contributed by atoms with Crippen molar-refractivity contribution in [3.63, 3.8) is 0 Å². The van der Waals surface area contributed by atoms with E-state index in [0.717, 1.165) is 25.7 Å². The van der Waals surface area contributed by atoms with Gasteiger partial charge in [-0.15, -0.1) is 0 Å². The molecule has 0 radical (unpaired) electrons. The van der Waals surface area contributed by atoms with Crippen molar-refractivity contribution >= 4 is 16.0 Å². The van der Waals surface area contributed by atoms with Crippen LogP contribution in [0.5, 0.6) is 0 Å². The van der Waals surface area contributed by atoms with E-state index < -0.39 is 10.0 Å². The largest absolute Gasteiger partial charge is 0.357 e. The maximum Gasteiger partial charge on any atom is 0.246 e. The van der Waals surface area contributed by atoms with Gasteiger partial charge in [0.1, 0.15) is 4.90 Å². The molecule has 106 valence electrons. The highest BCUT2D eigenvalue weighted by Crippen LogP contribution is 2.25. The molecule has 0 spiro atoms. The molecule has 0 bridgehead atoms. The van der Waals surface area contributed by atoms with Gasteiger partial charge in [0.05, 0.1) is 12.4 Å². The summed E-state index contributed by atoms with van der Waals surface area (Å²) in [6.45, 7) is 0. The first-order valence-corrected chi connectivity index (χ1v) is 7.97. The Bertz CT molecular complexity index is 509. The maximum absolute atomic E-state index is 12.5. The van der Waals surface area contributed by atoms with Crippen LogP contribution in [0.1, 0.15) is 32.1 Å². The molecule has 19 heavy (non-hydrogen) atoms. The van der Waals surface area contributed by atoms with Gasteiger partial charge in [-0.05, 0) is 12.8 Å². The lowest BCUT2D eigenvalue weighted by molar-refractivity contribution is 0.285. The fraction of sp³-hybridized carbons (Fsp3) is 0.667. The molecule has 0 amide bonds. The van der Waals surface area contributed by atoms with Crippen LogP contribution in [-0.4, -0.2) is 42.8 Å². The molecule has 1 N–H and O–H groups in total. The molecule has 7 heteroatoms. The van der Waals surface area contributed by atoms with E-state index in [1.165, 1.54) is 23.1 Å². The van der Waals surface area contributed by atoms with E-state index in [4.69, 9.17) is 0 Å². The number of anilines is 1. The Labute approximate surface area is 114 Å². The van der Waals surface area contributed by atoms with Gasteiger partial charge in [-0.3, -0.25) is 0 Å². The van der Waals surface area contributed by atoms with Gasteiger partial charge in [-0.2, -0.15) is 4.31 Å². The van der Waals surface area contributed by atoms with Gasteiger partial charge in [-0.1, -0.05) is 19.3 Å². The summed E-state index contributed by atoms with van der Waals surface area (Å²) in [4.78, 5) is 8.08. The standard InChI is InChI=1S/C12H20N4O2S/c1-13-12-14-8-11(9-15-12)19(17,18)16(2)10-6-4-3-5-7-10/h8-10H,3-7H2,1-2H3,(H,13,14,15). The molecular weight excluding hydrogens is 264 g/mol. The third-order valence-corrected chi connectivity index (χ3v) is 5.48. The monoisotopic (exact) mass is 284 g/mol. The number of hydrogen-bond donors (Lipinski definition) is 1. The van der Waals surface area contributed by atoms with Crippen molar-refractivity contribution in [3.8, 4) is 0 Å². The average molecular weight is 284 g/mol. The number of aromatic nitrogens is 2. The van der Waals surface area contributed by atoms with Gasteiger partial charge in [0.15, 0.2) is 0 Å². The van der Waals surface area contributed by atoms with Crippen molar-refractivity contribution in [3.05, 3.63) is 12.4 Å².